The average Bonchev–Trinajstić information content (AvgIpc) is 2.82. The highest BCUT2D eigenvalue weighted by Gasteiger charge is 2.35. The van der Waals surface area contributed by atoms with Crippen LogP contribution in [0.5, 0.6) is 0 Å². The molecule has 0 aromatic rings. The number of rotatable bonds is 3. The van der Waals surface area contributed by atoms with E-state index in [9.17, 15) is 4.79 Å². The fourth-order valence-corrected chi connectivity index (χ4v) is 3.14. The number of hydrogen-bond donors (Lipinski definition) is 2. The van der Waals surface area contributed by atoms with Crippen LogP contribution in [0.15, 0.2) is 0 Å². The quantitative estimate of drug-likeness (QED) is 0.744. The number of nitrogens with zero attached hydrogens (tertiary/aromatic N) is 1. The van der Waals surface area contributed by atoms with E-state index in [1.807, 2.05) is 4.90 Å². The first-order valence-electron chi connectivity index (χ1n) is 7.28. The lowest BCUT2D eigenvalue weighted by molar-refractivity contribution is 0.0133. The lowest BCUT2D eigenvalue weighted by Gasteiger charge is -2.28. The minimum Gasteiger partial charge on any atom is -0.381 e. The Hall–Kier alpha value is -0.850. The summed E-state index contributed by atoms with van der Waals surface area (Å²) in [6, 6.07) is 0.346. The topological polar surface area (TPSA) is 62.8 Å². The second kappa shape index (κ2) is 6.07. The van der Waals surface area contributed by atoms with Crippen molar-refractivity contribution in [1.29, 1.82) is 0 Å². The fourth-order valence-electron chi connectivity index (χ4n) is 3.14. The predicted octanol–water partition coefficient (Wildman–Crippen LogP) is -0.205. The van der Waals surface area contributed by atoms with Gasteiger partial charge in [0.15, 0.2) is 0 Å². The third-order valence-corrected chi connectivity index (χ3v) is 4.28. The Morgan fingerprint density at radius 3 is 2.84 bits per heavy atom. The summed E-state index contributed by atoms with van der Waals surface area (Å²) in [4.78, 5) is 13.9. The van der Waals surface area contributed by atoms with E-state index < -0.39 is 0 Å². The molecule has 2 amide bonds. The van der Waals surface area contributed by atoms with Crippen molar-refractivity contribution >= 4 is 6.03 Å². The molecule has 19 heavy (non-hydrogen) atoms. The van der Waals surface area contributed by atoms with E-state index in [4.69, 9.17) is 9.47 Å². The minimum atomic E-state index is 0.0608. The lowest BCUT2D eigenvalue weighted by atomic mass is 9.92. The zero-order valence-electron chi connectivity index (χ0n) is 11.3. The molecule has 3 heterocycles. The van der Waals surface area contributed by atoms with Crippen LogP contribution >= 0.6 is 0 Å². The molecule has 2 unspecified atom stereocenters. The second-order valence-electron chi connectivity index (χ2n) is 5.61. The number of carbonyl (C=O) groups is 1. The van der Waals surface area contributed by atoms with Gasteiger partial charge in [-0.1, -0.05) is 0 Å². The van der Waals surface area contributed by atoms with Crippen molar-refractivity contribution in [2.75, 3.05) is 46.0 Å². The highest BCUT2D eigenvalue weighted by Crippen LogP contribution is 2.22. The van der Waals surface area contributed by atoms with Crippen molar-refractivity contribution in [2.24, 2.45) is 5.92 Å². The zero-order valence-corrected chi connectivity index (χ0v) is 11.3. The first-order valence-corrected chi connectivity index (χ1v) is 7.28. The molecule has 0 bridgehead atoms. The van der Waals surface area contributed by atoms with E-state index in [1.54, 1.807) is 0 Å². The summed E-state index contributed by atoms with van der Waals surface area (Å²) in [6.45, 7) is 5.64. The molecule has 0 aliphatic carbocycles. The van der Waals surface area contributed by atoms with Crippen LogP contribution in [-0.4, -0.2) is 69.1 Å². The molecule has 6 heteroatoms. The number of nitrogens with one attached hydrogen (secondary N) is 2. The number of carbonyl (C=O) groups excluding carboxylic acids is 1. The van der Waals surface area contributed by atoms with Crippen LogP contribution < -0.4 is 10.6 Å². The van der Waals surface area contributed by atoms with Gasteiger partial charge in [-0.05, 0) is 18.8 Å². The maximum absolute atomic E-state index is 12.0. The van der Waals surface area contributed by atoms with E-state index in [0.29, 0.717) is 12.5 Å². The van der Waals surface area contributed by atoms with Crippen molar-refractivity contribution in [3.63, 3.8) is 0 Å². The molecule has 6 nitrogen and oxygen atoms in total. The van der Waals surface area contributed by atoms with Crippen LogP contribution in [0.4, 0.5) is 4.79 Å². The molecule has 3 saturated heterocycles. The Bertz CT molecular complexity index is 314. The minimum absolute atomic E-state index is 0.0608. The molecule has 3 rings (SSSR count). The molecule has 2 N–H and O–H groups in total. The smallest absolute Gasteiger partial charge is 0.317 e. The summed E-state index contributed by atoms with van der Waals surface area (Å²) in [5, 5.41) is 6.42. The van der Waals surface area contributed by atoms with Crippen LogP contribution in [0.3, 0.4) is 0 Å². The van der Waals surface area contributed by atoms with Crippen molar-refractivity contribution < 1.29 is 14.3 Å². The fraction of sp³-hybridized carbons (Fsp3) is 0.923. The van der Waals surface area contributed by atoms with E-state index in [2.05, 4.69) is 10.6 Å². The Kier molecular flexibility index (Phi) is 4.20. The molecular weight excluding hydrogens is 246 g/mol. The number of amides is 2. The van der Waals surface area contributed by atoms with Gasteiger partial charge in [-0.3, -0.25) is 0 Å². The van der Waals surface area contributed by atoms with E-state index in [0.717, 1.165) is 52.3 Å². The van der Waals surface area contributed by atoms with E-state index in [-0.39, 0.29) is 18.2 Å². The second-order valence-corrected chi connectivity index (χ2v) is 5.61. The molecule has 0 saturated carbocycles. The zero-order chi connectivity index (χ0) is 13.1. The van der Waals surface area contributed by atoms with Crippen LogP contribution in [0.1, 0.15) is 12.8 Å². The first-order chi connectivity index (χ1) is 9.33. The van der Waals surface area contributed by atoms with Gasteiger partial charge < -0.3 is 25.0 Å². The summed E-state index contributed by atoms with van der Waals surface area (Å²) >= 11 is 0. The summed E-state index contributed by atoms with van der Waals surface area (Å²) in [7, 11) is 0. The lowest BCUT2D eigenvalue weighted by Crippen LogP contribution is -2.46. The molecule has 0 spiro atoms. The molecule has 3 aliphatic rings. The molecule has 108 valence electrons. The molecule has 0 aromatic carbocycles. The van der Waals surface area contributed by atoms with Gasteiger partial charge in [0, 0.05) is 39.4 Å². The average molecular weight is 269 g/mol. The van der Waals surface area contributed by atoms with Gasteiger partial charge in [0.1, 0.15) is 0 Å². The summed E-state index contributed by atoms with van der Waals surface area (Å²) in [5.74, 6) is 0.563. The molecule has 2 atom stereocenters. The van der Waals surface area contributed by atoms with Gasteiger partial charge in [-0.2, -0.15) is 0 Å². The molecule has 3 fully saturated rings. The summed E-state index contributed by atoms with van der Waals surface area (Å²) < 4.78 is 11.0. The Balaban J connectivity index is 1.51. The van der Waals surface area contributed by atoms with Crippen molar-refractivity contribution in [3.8, 4) is 0 Å². The number of morpholine rings is 1. The van der Waals surface area contributed by atoms with Crippen molar-refractivity contribution in [3.05, 3.63) is 0 Å². The largest absolute Gasteiger partial charge is 0.381 e. The maximum Gasteiger partial charge on any atom is 0.317 e. The first kappa shape index (κ1) is 13.1. The Labute approximate surface area is 113 Å². The molecular formula is C13H23N3O3. The maximum atomic E-state index is 12.0. The molecule has 0 aromatic heterocycles. The standard InChI is InChI=1S/C13H23N3O3/c17-13-15-12(10-1-4-18-5-2-10)9-16(13)8-11-7-14-3-6-19-11/h10-12,14H,1-9H2,(H,15,17). The summed E-state index contributed by atoms with van der Waals surface area (Å²) in [6.07, 6.45) is 2.24. The summed E-state index contributed by atoms with van der Waals surface area (Å²) in [5.41, 5.74) is 0. The third-order valence-electron chi connectivity index (χ3n) is 4.28. The van der Waals surface area contributed by atoms with Gasteiger partial charge in [-0.15, -0.1) is 0 Å². The predicted molar refractivity (Wildman–Crippen MR) is 70.0 cm³/mol. The molecule has 0 radical (unpaired) electrons. The van der Waals surface area contributed by atoms with Crippen LogP contribution in [0.25, 0.3) is 0 Å². The highest BCUT2D eigenvalue weighted by atomic mass is 16.5. The van der Waals surface area contributed by atoms with Gasteiger partial charge in [0.25, 0.3) is 0 Å². The SMILES string of the molecule is O=C1NC(C2CCOCC2)CN1CC1CNCCO1. The number of ether oxygens (including phenoxy) is 2. The highest BCUT2D eigenvalue weighted by molar-refractivity contribution is 5.77. The number of hydrogen-bond acceptors (Lipinski definition) is 4. The van der Waals surface area contributed by atoms with Gasteiger partial charge in [0.05, 0.1) is 18.8 Å². The third kappa shape index (κ3) is 3.19. The van der Waals surface area contributed by atoms with Gasteiger partial charge in [-0.25, -0.2) is 4.79 Å². The van der Waals surface area contributed by atoms with E-state index >= 15 is 0 Å². The molecule has 3 aliphatic heterocycles. The van der Waals surface area contributed by atoms with Crippen molar-refractivity contribution in [1.82, 2.24) is 15.5 Å². The van der Waals surface area contributed by atoms with Gasteiger partial charge in [0.2, 0.25) is 0 Å². The van der Waals surface area contributed by atoms with E-state index in [1.165, 1.54) is 0 Å². The monoisotopic (exact) mass is 269 g/mol. The van der Waals surface area contributed by atoms with Crippen LogP contribution in [0, 0.1) is 5.92 Å². The Morgan fingerprint density at radius 1 is 1.26 bits per heavy atom. The number of urea groups is 1. The van der Waals surface area contributed by atoms with Crippen LogP contribution in [0.2, 0.25) is 0 Å². The van der Waals surface area contributed by atoms with Gasteiger partial charge >= 0.3 is 6.03 Å². The Morgan fingerprint density at radius 2 is 2.11 bits per heavy atom. The van der Waals surface area contributed by atoms with Crippen molar-refractivity contribution in [2.45, 2.75) is 25.0 Å². The van der Waals surface area contributed by atoms with Crippen LogP contribution in [-0.2, 0) is 9.47 Å². The normalized spacial score (nSPS) is 33.5.